The fraction of sp³-hybridized carbons (Fsp3) is 0.350. The summed E-state index contributed by atoms with van der Waals surface area (Å²) in [6.07, 6.45) is 0. The van der Waals surface area contributed by atoms with E-state index in [2.05, 4.69) is 24.1 Å². The highest BCUT2D eigenvalue weighted by atomic mass is 35.5. The number of carbonyl (C=O) groups is 1. The molecule has 0 saturated carbocycles. The summed E-state index contributed by atoms with van der Waals surface area (Å²) in [5, 5.41) is 14.2. The van der Waals surface area contributed by atoms with Crippen molar-refractivity contribution in [3.63, 3.8) is 0 Å². The zero-order valence-electron chi connectivity index (χ0n) is 14.7. The Morgan fingerprint density at radius 3 is 1.96 bits per heavy atom. The number of amides is 1. The Morgan fingerprint density at radius 1 is 1.00 bits per heavy atom. The summed E-state index contributed by atoms with van der Waals surface area (Å²) in [5.41, 5.74) is 1.55. The third-order valence-corrected chi connectivity index (χ3v) is 4.86. The van der Waals surface area contributed by atoms with Crippen molar-refractivity contribution in [2.45, 2.75) is 19.4 Å². The second-order valence-corrected chi connectivity index (χ2v) is 6.08. The molecule has 0 spiro atoms. The van der Waals surface area contributed by atoms with Gasteiger partial charge in [0.15, 0.2) is 5.60 Å². The van der Waals surface area contributed by atoms with Gasteiger partial charge in [0.1, 0.15) is 0 Å². The quantitative estimate of drug-likeness (QED) is 0.832. The van der Waals surface area contributed by atoms with Gasteiger partial charge < -0.3 is 15.3 Å². The summed E-state index contributed by atoms with van der Waals surface area (Å²) in [7, 11) is 0. The summed E-state index contributed by atoms with van der Waals surface area (Å²) in [6.45, 7) is 7.39. The van der Waals surface area contributed by atoms with Crippen LogP contribution in [0.2, 0.25) is 0 Å². The number of hydrogen-bond donors (Lipinski definition) is 2. The average Bonchev–Trinajstić information content (AvgIpc) is 2.90. The van der Waals surface area contributed by atoms with Crippen LogP contribution in [0, 0.1) is 0 Å². The second kappa shape index (κ2) is 8.00. The topological polar surface area (TPSA) is 52.6 Å². The molecule has 25 heavy (non-hydrogen) atoms. The molecule has 1 aliphatic rings. The number of hydrogen-bond acceptors (Lipinski definition) is 3. The summed E-state index contributed by atoms with van der Waals surface area (Å²) in [5.74, 6) is -0.355. The first-order valence-electron chi connectivity index (χ1n) is 8.55. The van der Waals surface area contributed by atoms with Gasteiger partial charge in [-0.25, -0.2) is 0 Å². The molecule has 4 nitrogen and oxygen atoms in total. The Bertz CT molecular complexity index is 698. The van der Waals surface area contributed by atoms with E-state index >= 15 is 0 Å². The van der Waals surface area contributed by atoms with Gasteiger partial charge in [-0.05, 0) is 24.2 Å². The molecule has 2 N–H and O–H groups in total. The third-order valence-electron chi connectivity index (χ3n) is 4.86. The Labute approximate surface area is 155 Å². The van der Waals surface area contributed by atoms with Gasteiger partial charge in [0, 0.05) is 24.2 Å². The molecule has 3 rings (SSSR count). The van der Waals surface area contributed by atoms with Crippen LogP contribution in [0.3, 0.4) is 0 Å². The van der Waals surface area contributed by atoms with Gasteiger partial charge in [-0.3, -0.25) is 4.79 Å². The zero-order chi connectivity index (χ0) is 17.2. The predicted molar refractivity (Wildman–Crippen MR) is 103 cm³/mol. The zero-order valence-corrected chi connectivity index (χ0v) is 15.5. The third kappa shape index (κ3) is 3.30. The minimum atomic E-state index is -1.61. The minimum Gasteiger partial charge on any atom is -0.372 e. The fourth-order valence-corrected chi connectivity index (χ4v) is 3.45. The molecule has 0 heterocycles. The van der Waals surface area contributed by atoms with Gasteiger partial charge in [-0.15, -0.1) is 12.4 Å². The first kappa shape index (κ1) is 19.4. The number of benzene rings is 2. The van der Waals surface area contributed by atoms with E-state index in [0.717, 1.165) is 30.8 Å². The molecule has 2 aromatic rings. The van der Waals surface area contributed by atoms with Gasteiger partial charge in [0.25, 0.3) is 5.91 Å². The van der Waals surface area contributed by atoms with Crippen LogP contribution >= 0.6 is 12.4 Å². The predicted octanol–water partition coefficient (Wildman–Crippen LogP) is 2.78. The lowest BCUT2D eigenvalue weighted by Gasteiger charge is -2.25. The maximum Gasteiger partial charge on any atom is 0.261 e. The molecular weight excluding hydrogens is 336 g/mol. The highest BCUT2D eigenvalue weighted by molar-refractivity contribution is 5.98. The molecule has 134 valence electrons. The summed E-state index contributed by atoms with van der Waals surface area (Å²) in [6, 6.07) is 15.2. The lowest BCUT2D eigenvalue weighted by molar-refractivity contribution is -0.136. The Morgan fingerprint density at radius 2 is 1.48 bits per heavy atom. The Balaban J connectivity index is 0.00000225. The first-order chi connectivity index (χ1) is 11.6. The summed E-state index contributed by atoms with van der Waals surface area (Å²) < 4.78 is 0. The first-order valence-corrected chi connectivity index (χ1v) is 8.55. The maximum atomic E-state index is 12.9. The van der Waals surface area contributed by atoms with E-state index in [4.69, 9.17) is 0 Å². The van der Waals surface area contributed by atoms with Crippen molar-refractivity contribution in [3.8, 4) is 11.1 Å². The van der Waals surface area contributed by atoms with Gasteiger partial charge in [-0.2, -0.15) is 0 Å². The van der Waals surface area contributed by atoms with Crippen molar-refractivity contribution in [2.24, 2.45) is 0 Å². The average molecular weight is 361 g/mol. The Kier molecular flexibility index (Phi) is 6.22. The van der Waals surface area contributed by atoms with Crippen LogP contribution in [0.15, 0.2) is 48.5 Å². The molecule has 0 saturated heterocycles. The van der Waals surface area contributed by atoms with E-state index in [1.165, 1.54) is 0 Å². The minimum absolute atomic E-state index is 0. The SMILES string of the molecule is CCN(CC)CCNC(=O)C1(O)c2ccccc2-c2ccccc21.Cl. The van der Waals surface area contributed by atoms with Crippen LogP contribution in [0.5, 0.6) is 0 Å². The number of likely N-dealkylation sites (N-methyl/N-ethyl adjacent to an activating group) is 1. The molecule has 2 aromatic carbocycles. The van der Waals surface area contributed by atoms with Crippen molar-refractivity contribution < 1.29 is 9.90 Å². The standard InChI is InChI=1S/C20H24N2O2.ClH/c1-3-22(4-2)14-13-21-19(23)20(24)17-11-7-5-9-15(17)16-10-6-8-12-18(16)20;/h5-12,24H,3-4,13-14H2,1-2H3,(H,21,23);1H. The van der Waals surface area contributed by atoms with Crippen LogP contribution < -0.4 is 5.32 Å². The molecule has 0 aromatic heterocycles. The van der Waals surface area contributed by atoms with Crippen molar-refractivity contribution >= 4 is 18.3 Å². The molecule has 0 aliphatic heterocycles. The molecule has 0 atom stereocenters. The number of aliphatic hydroxyl groups is 1. The molecule has 0 radical (unpaired) electrons. The molecular formula is C20H25ClN2O2. The van der Waals surface area contributed by atoms with Crippen molar-refractivity contribution in [1.82, 2.24) is 10.2 Å². The van der Waals surface area contributed by atoms with E-state index in [1.54, 1.807) is 0 Å². The van der Waals surface area contributed by atoms with E-state index in [9.17, 15) is 9.90 Å². The number of nitrogens with zero attached hydrogens (tertiary/aromatic N) is 1. The second-order valence-electron chi connectivity index (χ2n) is 6.08. The summed E-state index contributed by atoms with van der Waals surface area (Å²) >= 11 is 0. The smallest absolute Gasteiger partial charge is 0.261 e. The van der Waals surface area contributed by atoms with Gasteiger partial charge in [0.05, 0.1) is 0 Å². The van der Waals surface area contributed by atoms with Gasteiger partial charge in [0.2, 0.25) is 0 Å². The number of fused-ring (bicyclic) bond motifs is 3. The molecule has 0 unspecified atom stereocenters. The molecule has 0 bridgehead atoms. The highest BCUT2D eigenvalue weighted by Gasteiger charge is 2.47. The fourth-order valence-electron chi connectivity index (χ4n) is 3.45. The van der Waals surface area contributed by atoms with Crippen LogP contribution in [0.1, 0.15) is 25.0 Å². The van der Waals surface area contributed by atoms with E-state index in [0.29, 0.717) is 17.7 Å². The lowest BCUT2D eigenvalue weighted by atomic mass is 9.90. The van der Waals surface area contributed by atoms with Crippen LogP contribution in [-0.4, -0.2) is 42.1 Å². The van der Waals surface area contributed by atoms with Crippen molar-refractivity contribution in [2.75, 3.05) is 26.2 Å². The molecule has 1 amide bonds. The lowest BCUT2D eigenvalue weighted by Crippen LogP contribution is -2.46. The van der Waals surface area contributed by atoms with Crippen molar-refractivity contribution in [3.05, 3.63) is 59.7 Å². The van der Waals surface area contributed by atoms with Crippen molar-refractivity contribution in [1.29, 1.82) is 0 Å². The van der Waals surface area contributed by atoms with Crippen LogP contribution in [-0.2, 0) is 10.4 Å². The monoisotopic (exact) mass is 360 g/mol. The highest BCUT2D eigenvalue weighted by Crippen LogP contribution is 2.47. The van der Waals surface area contributed by atoms with E-state index in [1.807, 2.05) is 48.5 Å². The van der Waals surface area contributed by atoms with Gasteiger partial charge in [-0.1, -0.05) is 62.4 Å². The van der Waals surface area contributed by atoms with Crippen LogP contribution in [0.25, 0.3) is 11.1 Å². The Hall–Kier alpha value is -1.88. The number of rotatable bonds is 6. The maximum absolute atomic E-state index is 12.9. The molecule has 1 aliphatic carbocycles. The number of halogens is 1. The molecule has 0 fully saturated rings. The normalized spacial score (nSPS) is 13.8. The number of carbonyl (C=O) groups excluding carboxylic acids is 1. The van der Waals surface area contributed by atoms with Crippen LogP contribution in [0.4, 0.5) is 0 Å². The largest absolute Gasteiger partial charge is 0.372 e. The molecule has 5 heteroatoms. The van der Waals surface area contributed by atoms with Gasteiger partial charge >= 0.3 is 0 Å². The number of nitrogens with one attached hydrogen (secondary N) is 1. The van der Waals surface area contributed by atoms with E-state index < -0.39 is 5.60 Å². The van der Waals surface area contributed by atoms with E-state index in [-0.39, 0.29) is 18.3 Å². The summed E-state index contributed by atoms with van der Waals surface area (Å²) in [4.78, 5) is 15.1.